The van der Waals surface area contributed by atoms with Gasteiger partial charge in [-0.05, 0) is 81.6 Å². The van der Waals surface area contributed by atoms with Gasteiger partial charge in [0.1, 0.15) is 17.9 Å². The fourth-order valence-corrected chi connectivity index (χ4v) is 7.27. The number of likely N-dealkylation sites (tertiary alicyclic amines) is 1. The SMILES string of the molecule is CS(=O)(=O)c1ccccc1N1CCC(NC(=O)C2(NC(=O)c3ccc(OCCN4CCCC4)cc3)CCCCC2)C(=O)C1. The van der Waals surface area contributed by atoms with Crippen LogP contribution in [-0.4, -0.2) is 88.1 Å². The van der Waals surface area contributed by atoms with Crippen LogP contribution in [-0.2, 0) is 19.4 Å². The van der Waals surface area contributed by atoms with Gasteiger partial charge >= 0.3 is 0 Å². The number of ketones is 1. The van der Waals surface area contributed by atoms with Gasteiger partial charge in [0.2, 0.25) is 5.91 Å². The Kier molecular flexibility index (Phi) is 9.71. The van der Waals surface area contributed by atoms with Crippen LogP contribution in [0.3, 0.4) is 0 Å². The Hall–Kier alpha value is -3.44. The number of carbonyl (C=O) groups is 3. The molecule has 1 saturated carbocycles. The molecule has 1 unspecified atom stereocenters. The number of piperidine rings is 1. The Morgan fingerprint density at radius 3 is 2.33 bits per heavy atom. The minimum atomic E-state index is -3.47. The molecule has 3 aliphatic rings. The number of para-hydroxylation sites is 1. The van der Waals surface area contributed by atoms with Crippen LogP contribution < -0.4 is 20.3 Å². The number of hydrogen-bond donors (Lipinski definition) is 2. The third-order valence-corrected chi connectivity index (χ3v) is 9.96. The maximum absolute atomic E-state index is 13.7. The summed E-state index contributed by atoms with van der Waals surface area (Å²) >= 11 is 0. The molecule has 2 amide bonds. The molecule has 0 bridgehead atoms. The Bertz CT molecular complexity index is 1420. The Labute approximate surface area is 254 Å². The normalized spacial score (nSPS) is 20.9. The number of anilines is 1. The summed E-state index contributed by atoms with van der Waals surface area (Å²) in [7, 11) is -3.47. The molecule has 1 atom stereocenters. The van der Waals surface area contributed by atoms with Crippen LogP contribution in [0.5, 0.6) is 5.75 Å². The molecule has 1 aliphatic carbocycles. The number of rotatable bonds is 10. The van der Waals surface area contributed by atoms with Crippen LogP contribution in [0.2, 0.25) is 0 Å². The van der Waals surface area contributed by atoms with E-state index in [4.69, 9.17) is 4.74 Å². The number of carbonyl (C=O) groups excluding carboxylic acids is 3. The van der Waals surface area contributed by atoms with E-state index >= 15 is 0 Å². The van der Waals surface area contributed by atoms with Gasteiger partial charge in [0.05, 0.1) is 23.2 Å². The summed E-state index contributed by atoms with van der Waals surface area (Å²) in [6.07, 6.45) is 7.53. The van der Waals surface area contributed by atoms with Gasteiger partial charge in [0.15, 0.2) is 15.6 Å². The van der Waals surface area contributed by atoms with Gasteiger partial charge in [0.25, 0.3) is 5.91 Å². The zero-order chi connectivity index (χ0) is 30.5. The zero-order valence-electron chi connectivity index (χ0n) is 24.8. The molecule has 0 radical (unpaired) electrons. The Morgan fingerprint density at radius 1 is 0.953 bits per heavy atom. The highest BCUT2D eigenvalue weighted by Gasteiger charge is 2.43. The van der Waals surface area contributed by atoms with E-state index in [9.17, 15) is 22.8 Å². The van der Waals surface area contributed by atoms with Gasteiger partial charge < -0.3 is 20.3 Å². The Morgan fingerprint density at radius 2 is 1.65 bits per heavy atom. The third kappa shape index (κ3) is 7.56. The van der Waals surface area contributed by atoms with Crippen LogP contribution in [0.4, 0.5) is 5.69 Å². The zero-order valence-corrected chi connectivity index (χ0v) is 25.7. The van der Waals surface area contributed by atoms with E-state index in [0.29, 0.717) is 49.4 Å². The molecule has 43 heavy (non-hydrogen) atoms. The predicted molar refractivity (Wildman–Crippen MR) is 164 cm³/mol. The van der Waals surface area contributed by atoms with E-state index in [-0.39, 0.29) is 29.0 Å². The number of benzene rings is 2. The number of amides is 2. The maximum Gasteiger partial charge on any atom is 0.252 e. The third-order valence-electron chi connectivity index (χ3n) is 8.82. The van der Waals surface area contributed by atoms with Crippen molar-refractivity contribution in [2.45, 2.75) is 67.8 Å². The van der Waals surface area contributed by atoms with E-state index in [1.54, 1.807) is 47.4 Å². The van der Waals surface area contributed by atoms with Crippen molar-refractivity contribution in [2.24, 2.45) is 0 Å². The second-order valence-corrected chi connectivity index (χ2v) is 13.9. The summed E-state index contributed by atoms with van der Waals surface area (Å²) in [6, 6.07) is 12.9. The van der Waals surface area contributed by atoms with Gasteiger partial charge in [-0.25, -0.2) is 8.42 Å². The first-order chi connectivity index (χ1) is 20.6. The minimum Gasteiger partial charge on any atom is -0.492 e. The van der Waals surface area contributed by atoms with E-state index in [1.165, 1.54) is 18.9 Å². The number of ether oxygens (including phenoxy) is 1. The summed E-state index contributed by atoms with van der Waals surface area (Å²) in [5.74, 6) is -0.171. The molecule has 10 nitrogen and oxygen atoms in total. The summed E-state index contributed by atoms with van der Waals surface area (Å²) < 4.78 is 30.4. The van der Waals surface area contributed by atoms with Gasteiger partial charge in [-0.2, -0.15) is 0 Å². The summed E-state index contributed by atoms with van der Waals surface area (Å²) in [6.45, 7) is 4.11. The van der Waals surface area contributed by atoms with E-state index < -0.39 is 21.4 Å². The highest BCUT2D eigenvalue weighted by molar-refractivity contribution is 7.90. The van der Waals surface area contributed by atoms with E-state index in [2.05, 4.69) is 15.5 Å². The van der Waals surface area contributed by atoms with Gasteiger partial charge in [0, 0.05) is 24.9 Å². The van der Waals surface area contributed by atoms with Gasteiger partial charge in [-0.1, -0.05) is 31.4 Å². The predicted octanol–water partition coefficient (Wildman–Crippen LogP) is 2.96. The van der Waals surface area contributed by atoms with Crippen molar-refractivity contribution in [3.63, 3.8) is 0 Å². The lowest BCUT2D eigenvalue weighted by molar-refractivity contribution is -0.133. The van der Waals surface area contributed by atoms with Crippen molar-refractivity contribution in [1.29, 1.82) is 0 Å². The smallest absolute Gasteiger partial charge is 0.252 e. The lowest BCUT2D eigenvalue weighted by atomic mass is 9.80. The summed E-state index contributed by atoms with van der Waals surface area (Å²) in [5, 5.41) is 5.96. The second kappa shape index (κ2) is 13.5. The molecular weight excluding hydrogens is 568 g/mol. The molecule has 2 aromatic carbocycles. The summed E-state index contributed by atoms with van der Waals surface area (Å²) in [4.78, 5) is 44.5. The molecule has 2 saturated heterocycles. The summed E-state index contributed by atoms with van der Waals surface area (Å²) in [5.41, 5.74) is -0.165. The fourth-order valence-electron chi connectivity index (χ4n) is 6.36. The lowest BCUT2D eigenvalue weighted by Crippen LogP contribution is -2.63. The van der Waals surface area contributed by atoms with E-state index in [1.807, 2.05) is 0 Å². The van der Waals surface area contributed by atoms with Gasteiger partial charge in [-0.15, -0.1) is 0 Å². The average molecular weight is 611 g/mol. The lowest BCUT2D eigenvalue weighted by Gasteiger charge is -2.39. The monoisotopic (exact) mass is 610 g/mol. The van der Waals surface area contributed by atoms with Crippen LogP contribution >= 0.6 is 0 Å². The standard InChI is InChI=1S/C32H42N4O6S/c1-43(40,41)29-10-4-3-9-27(29)36-20-15-26(28(37)23-36)33-31(39)32(16-5-2-6-17-32)34-30(38)24-11-13-25(14-12-24)42-22-21-35-18-7-8-19-35/h3-4,9-14,26H,2,5-8,15-23H2,1H3,(H,33,39)(H,34,38). The van der Waals surface area contributed by atoms with Crippen molar-refractivity contribution in [3.05, 3.63) is 54.1 Å². The number of nitrogens with zero attached hydrogens (tertiary/aromatic N) is 2. The second-order valence-electron chi connectivity index (χ2n) is 12.0. The molecule has 2 aliphatic heterocycles. The number of Topliss-reactive ketones (excluding diaryl/α,β-unsaturated/α-hetero) is 1. The molecule has 5 rings (SSSR count). The quantitative estimate of drug-likeness (QED) is 0.421. The minimum absolute atomic E-state index is 0.0106. The van der Waals surface area contributed by atoms with Crippen molar-refractivity contribution in [2.75, 3.05) is 50.5 Å². The van der Waals surface area contributed by atoms with Crippen molar-refractivity contribution in [1.82, 2.24) is 15.5 Å². The highest BCUT2D eigenvalue weighted by atomic mass is 32.2. The molecule has 0 spiro atoms. The molecule has 232 valence electrons. The number of hydrogen-bond acceptors (Lipinski definition) is 8. The highest BCUT2D eigenvalue weighted by Crippen LogP contribution is 2.31. The largest absolute Gasteiger partial charge is 0.492 e. The van der Waals surface area contributed by atoms with Crippen LogP contribution in [0.25, 0.3) is 0 Å². The molecule has 2 N–H and O–H groups in total. The molecular formula is C32H42N4O6S. The Balaban J connectivity index is 1.20. The fraction of sp³-hybridized carbons (Fsp3) is 0.531. The van der Waals surface area contributed by atoms with Crippen molar-refractivity contribution < 1.29 is 27.5 Å². The van der Waals surface area contributed by atoms with Gasteiger partial charge in [-0.3, -0.25) is 19.3 Å². The van der Waals surface area contributed by atoms with E-state index in [0.717, 1.165) is 45.2 Å². The van der Waals surface area contributed by atoms with Crippen LogP contribution in [0.1, 0.15) is 61.7 Å². The molecule has 3 fully saturated rings. The topological polar surface area (TPSA) is 125 Å². The molecule has 2 heterocycles. The number of nitrogens with one attached hydrogen (secondary N) is 2. The van der Waals surface area contributed by atoms with Crippen molar-refractivity contribution in [3.8, 4) is 5.75 Å². The maximum atomic E-state index is 13.7. The first-order valence-electron chi connectivity index (χ1n) is 15.3. The van der Waals surface area contributed by atoms with Crippen molar-refractivity contribution >= 4 is 33.1 Å². The molecule has 2 aromatic rings. The average Bonchev–Trinajstić information content (AvgIpc) is 3.52. The molecule has 11 heteroatoms. The van der Waals surface area contributed by atoms with Crippen LogP contribution in [0.15, 0.2) is 53.4 Å². The van der Waals surface area contributed by atoms with Crippen LogP contribution in [0, 0.1) is 0 Å². The first kappa shape index (κ1) is 31.0. The molecule has 0 aromatic heterocycles. The first-order valence-corrected chi connectivity index (χ1v) is 17.2. The number of sulfone groups is 1.